The molecule has 0 fully saturated rings. The molecule has 7 nitrogen and oxygen atoms in total. The van der Waals surface area contributed by atoms with E-state index in [1.54, 1.807) is 36.4 Å². The summed E-state index contributed by atoms with van der Waals surface area (Å²) in [6.45, 7) is -1.28. The zero-order chi connectivity index (χ0) is 26.1. The second kappa shape index (κ2) is 11.8. The van der Waals surface area contributed by atoms with Crippen LogP contribution in [0, 0.1) is 0 Å². The molecule has 188 valence electrons. The highest BCUT2D eigenvalue weighted by atomic mass is 19.4. The first-order valence-electron chi connectivity index (χ1n) is 10.7. The number of carbonyl (C=O) groups excluding carboxylic acids is 2. The van der Waals surface area contributed by atoms with Crippen molar-refractivity contribution in [1.29, 1.82) is 0 Å². The van der Waals surface area contributed by atoms with E-state index in [1.807, 2.05) is 0 Å². The number of nitrogens with two attached hydrogens (primary N) is 2. The van der Waals surface area contributed by atoms with E-state index in [4.69, 9.17) is 20.9 Å². The van der Waals surface area contributed by atoms with E-state index in [2.05, 4.69) is 4.74 Å². The number of anilines is 2. The van der Waals surface area contributed by atoms with Crippen molar-refractivity contribution in [2.24, 2.45) is 0 Å². The van der Waals surface area contributed by atoms with Gasteiger partial charge in [-0.25, -0.2) is 9.59 Å². The molecule has 10 heteroatoms. The highest BCUT2D eigenvalue weighted by molar-refractivity contribution is 5.91. The summed E-state index contributed by atoms with van der Waals surface area (Å²) in [6.07, 6.45) is -1.21. The summed E-state index contributed by atoms with van der Waals surface area (Å²) in [7, 11) is 0. The van der Waals surface area contributed by atoms with Crippen molar-refractivity contribution in [3.8, 4) is 11.5 Å². The molecule has 0 bridgehead atoms. The smallest absolute Gasteiger partial charge is 0.422 e. The van der Waals surface area contributed by atoms with E-state index in [0.717, 1.165) is 5.56 Å². The highest BCUT2D eigenvalue weighted by Crippen LogP contribution is 2.20. The maximum atomic E-state index is 12.3. The summed E-state index contributed by atoms with van der Waals surface area (Å²) in [6, 6.07) is 16.6. The minimum absolute atomic E-state index is 0.0209. The molecule has 0 atom stereocenters. The molecule has 0 unspecified atom stereocenters. The van der Waals surface area contributed by atoms with Crippen LogP contribution >= 0.6 is 0 Å². The van der Waals surface area contributed by atoms with Crippen molar-refractivity contribution in [2.75, 3.05) is 24.7 Å². The summed E-state index contributed by atoms with van der Waals surface area (Å²) < 4.78 is 51.6. The van der Waals surface area contributed by atoms with E-state index in [9.17, 15) is 22.8 Å². The number of halogens is 3. The lowest BCUT2D eigenvalue weighted by molar-refractivity contribution is -0.153. The predicted molar refractivity (Wildman–Crippen MR) is 128 cm³/mol. The molecule has 0 heterocycles. The van der Waals surface area contributed by atoms with Crippen LogP contribution in [0.5, 0.6) is 11.5 Å². The number of carbonyl (C=O) groups is 2. The lowest BCUT2D eigenvalue weighted by Crippen LogP contribution is -2.19. The van der Waals surface area contributed by atoms with Crippen LogP contribution in [0.15, 0.2) is 72.8 Å². The van der Waals surface area contributed by atoms with Crippen LogP contribution in [-0.2, 0) is 16.0 Å². The monoisotopic (exact) mass is 500 g/mol. The predicted octanol–water partition coefficient (Wildman–Crippen LogP) is 4.81. The third-order valence-corrected chi connectivity index (χ3v) is 4.78. The fraction of sp³-hybridized carbons (Fsp3) is 0.154. The minimum Gasteiger partial charge on any atom is -0.484 e. The molecule has 0 aromatic heterocycles. The van der Waals surface area contributed by atoms with E-state index in [1.165, 1.54) is 42.5 Å². The summed E-state index contributed by atoms with van der Waals surface area (Å²) in [5, 5.41) is 0. The molecule has 0 aliphatic carbocycles. The highest BCUT2D eigenvalue weighted by Gasteiger charge is 2.28. The molecule has 0 aliphatic rings. The van der Waals surface area contributed by atoms with Crippen LogP contribution in [0.3, 0.4) is 0 Å². The molecule has 3 aromatic carbocycles. The second-order valence-corrected chi connectivity index (χ2v) is 7.60. The first kappa shape index (κ1) is 26.1. The molecular formula is C26H23F3N2O5. The number of nitrogen functional groups attached to an aromatic ring is 2. The number of benzene rings is 3. The molecule has 0 amide bonds. The molecular weight excluding hydrogens is 477 g/mol. The minimum atomic E-state index is -4.45. The number of hydrogen-bond donors (Lipinski definition) is 2. The fourth-order valence-electron chi connectivity index (χ4n) is 2.98. The Morgan fingerprint density at radius 3 is 2.22 bits per heavy atom. The maximum Gasteiger partial charge on any atom is 0.422 e. The lowest BCUT2D eigenvalue weighted by atomic mass is 10.1. The van der Waals surface area contributed by atoms with Gasteiger partial charge in [0.15, 0.2) is 6.61 Å². The number of hydrogen-bond acceptors (Lipinski definition) is 7. The van der Waals surface area contributed by atoms with Crippen LogP contribution in [0.4, 0.5) is 24.5 Å². The van der Waals surface area contributed by atoms with Crippen LogP contribution in [0.1, 0.15) is 21.5 Å². The van der Waals surface area contributed by atoms with Gasteiger partial charge in [0.1, 0.15) is 11.5 Å². The Morgan fingerprint density at radius 1 is 0.889 bits per heavy atom. The van der Waals surface area contributed by atoms with Gasteiger partial charge in [-0.1, -0.05) is 12.1 Å². The van der Waals surface area contributed by atoms with Gasteiger partial charge in [-0.3, -0.25) is 0 Å². The SMILES string of the molecule is Nc1ccc(N)c(CCOC(=O)/C=C/c2ccc(OC(=O)c3ccc(OCC(F)(F)F)cc3)cc2)c1. The number of ether oxygens (including phenoxy) is 3. The molecule has 36 heavy (non-hydrogen) atoms. The number of alkyl halides is 3. The number of esters is 2. The third kappa shape index (κ3) is 8.39. The van der Waals surface area contributed by atoms with Gasteiger partial charge in [0.05, 0.1) is 12.2 Å². The Bertz CT molecular complexity index is 1220. The molecule has 0 saturated carbocycles. The normalized spacial score (nSPS) is 11.3. The van der Waals surface area contributed by atoms with E-state index in [0.29, 0.717) is 23.4 Å². The molecule has 0 radical (unpaired) electrons. The standard InChI is InChI=1S/C26H23F3N2O5/c27-26(28,29)16-35-21-9-4-18(5-10-21)25(33)36-22-7-1-17(2-8-22)3-12-24(32)34-14-13-19-15-20(30)6-11-23(19)31/h1-12,15H,13-14,16,30-31H2/b12-3+. The van der Waals surface area contributed by atoms with Crippen LogP contribution < -0.4 is 20.9 Å². The van der Waals surface area contributed by atoms with Gasteiger partial charge in [-0.05, 0) is 71.8 Å². The molecule has 0 aliphatic heterocycles. The average molecular weight is 500 g/mol. The van der Waals surface area contributed by atoms with Crippen LogP contribution in [-0.4, -0.2) is 31.3 Å². The van der Waals surface area contributed by atoms with Crippen LogP contribution in [0.2, 0.25) is 0 Å². The molecule has 3 aromatic rings. The van der Waals surface area contributed by atoms with Gasteiger partial charge in [-0.2, -0.15) is 13.2 Å². The first-order valence-corrected chi connectivity index (χ1v) is 10.7. The van der Waals surface area contributed by atoms with Gasteiger partial charge in [0.2, 0.25) is 0 Å². The van der Waals surface area contributed by atoms with Crippen molar-refractivity contribution < 1.29 is 37.0 Å². The Morgan fingerprint density at radius 2 is 1.56 bits per heavy atom. The Labute approximate surface area is 205 Å². The third-order valence-electron chi connectivity index (χ3n) is 4.78. The van der Waals surface area contributed by atoms with Crippen molar-refractivity contribution in [2.45, 2.75) is 12.6 Å². The van der Waals surface area contributed by atoms with Gasteiger partial charge in [0, 0.05) is 23.9 Å². The van der Waals surface area contributed by atoms with Crippen molar-refractivity contribution >= 4 is 29.4 Å². The molecule has 0 spiro atoms. The van der Waals surface area contributed by atoms with E-state index >= 15 is 0 Å². The Kier molecular flexibility index (Phi) is 8.56. The molecule has 3 rings (SSSR count). The van der Waals surface area contributed by atoms with E-state index in [-0.39, 0.29) is 23.7 Å². The lowest BCUT2D eigenvalue weighted by Gasteiger charge is -2.09. The molecule has 4 N–H and O–H groups in total. The zero-order valence-corrected chi connectivity index (χ0v) is 19.0. The van der Waals surface area contributed by atoms with Gasteiger partial charge in [0.25, 0.3) is 0 Å². The summed E-state index contributed by atoms with van der Waals surface area (Å²) in [5.74, 6) is -0.995. The van der Waals surface area contributed by atoms with Crippen molar-refractivity contribution in [3.63, 3.8) is 0 Å². The topological polar surface area (TPSA) is 114 Å². The van der Waals surface area contributed by atoms with Crippen molar-refractivity contribution in [3.05, 3.63) is 89.5 Å². The van der Waals surface area contributed by atoms with E-state index < -0.39 is 24.7 Å². The van der Waals surface area contributed by atoms with Gasteiger partial charge in [-0.15, -0.1) is 0 Å². The summed E-state index contributed by atoms with van der Waals surface area (Å²) in [5.41, 5.74) is 14.3. The first-order chi connectivity index (χ1) is 17.1. The van der Waals surface area contributed by atoms with Crippen LogP contribution in [0.25, 0.3) is 6.08 Å². The van der Waals surface area contributed by atoms with Gasteiger partial charge < -0.3 is 25.7 Å². The largest absolute Gasteiger partial charge is 0.484 e. The second-order valence-electron chi connectivity index (χ2n) is 7.60. The summed E-state index contributed by atoms with van der Waals surface area (Å²) in [4.78, 5) is 24.2. The van der Waals surface area contributed by atoms with Gasteiger partial charge >= 0.3 is 18.1 Å². The quantitative estimate of drug-likeness (QED) is 0.188. The average Bonchev–Trinajstić information content (AvgIpc) is 2.84. The zero-order valence-electron chi connectivity index (χ0n) is 19.0. The fourth-order valence-corrected chi connectivity index (χ4v) is 2.98. The maximum absolute atomic E-state index is 12.3. The number of rotatable bonds is 9. The Hall–Kier alpha value is -4.47. The summed E-state index contributed by atoms with van der Waals surface area (Å²) >= 11 is 0. The van der Waals surface area contributed by atoms with Crippen molar-refractivity contribution in [1.82, 2.24) is 0 Å². The Balaban J connectivity index is 1.46. The molecule has 0 saturated heterocycles.